The number of Topliss-reactive ketones (excluding diaryl/α,β-unsaturated/α-hetero) is 1. The molecule has 4 aliphatic carbocycles. The summed E-state index contributed by atoms with van der Waals surface area (Å²) in [6, 6.07) is 0. The van der Waals surface area contributed by atoms with Crippen molar-refractivity contribution in [2.75, 3.05) is 0 Å². The highest BCUT2D eigenvalue weighted by molar-refractivity contribution is 5.87. The third-order valence-electron chi connectivity index (χ3n) is 7.64. The van der Waals surface area contributed by atoms with E-state index in [-0.39, 0.29) is 11.5 Å². The average Bonchev–Trinajstić information content (AvgIpc) is 2.74. The van der Waals surface area contributed by atoms with Crippen LogP contribution in [-0.2, 0) is 4.79 Å². The minimum Gasteiger partial charge on any atom is -0.393 e. The Morgan fingerprint density at radius 3 is 2.65 bits per heavy atom. The first-order chi connectivity index (χ1) is 9.59. The van der Waals surface area contributed by atoms with Gasteiger partial charge in [0.25, 0.3) is 0 Å². The fraction of sp³-hybridized carbons (Fsp3) is 0.944. The fourth-order valence-corrected chi connectivity index (χ4v) is 6.60. The Labute approximate surface area is 122 Å². The molecule has 0 radical (unpaired) electrons. The molecule has 7 atom stereocenters. The van der Waals surface area contributed by atoms with E-state index in [2.05, 4.69) is 6.92 Å². The predicted molar refractivity (Wildman–Crippen MR) is 78.1 cm³/mol. The summed E-state index contributed by atoms with van der Waals surface area (Å²) in [4.78, 5) is 12.3. The summed E-state index contributed by atoms with van der Waals surface area (Å²) >= 11 is 0. The molecule has 4 saturated carbocycles. The normalized spacial score (nSPS) is 55.0. The van der Waals surface area contributed by atoms with Crippen molar-refractivity contribution in [2.24, 2.45) is 35.0 Å². The highest BCUT2D eigenvalue weighted by Crippen LogP contribution is 2.61. The van der Waals surface area contributed by atoms with Crippen LogP contribution in [0.3, 0.4) is 0 Å². The van der Waals surface area contributed by atoms with Crippen LogP contribution in [0, 0.1) is 35.0 Å². The summed E-state index contributed by atoms with van der Waals surface area (Å²) in [7, 11) is 0. The lowest BCUT2D eigenvalue weighted by molar-refractivity contribution is -0.133. The van der Waals surface area contributed by atoms with Crippen molar-refractivity contribution in [2.45, 2.75) is 70.8 Å². The van der Waals surface area contributed by atoms with Crippen molar-refractivity contribution >= 4 is 5.78 Å². The molecule has 0 aliphatic heterocycles. The molecule has 4 aliphatic rings. The molecule has 4 rings (SSSR count). The van der Waals surface area contributed by atoms with Crippen LogP contribution in [0.4, 0.5) is 0 Å². The Morgan fingerprint density at radius 2 is 1.80 bits per heavy atom. The van der Waals surface area contributed by atoms with Gasteiger partial charge in [-0.3, -0.25) is 4.79 Å². The van der Waals surface area contributed by atoms with Crippen LogP contribution in [0.15, 0.2) is 0 Å². The topological polar surface area (TPSA) is 37.3 Å². The van der Waals surface area contributed by atoms with Crippen LogP contribution in [0.1, 0.15) is 64.7 Å². The first-order valence-electron chi connectivity index (χ1n) is 8.81. The molecule has 2 heteroatoms. The van der Waals surface area contributed by atoms with Gasteiger partial charge < -0.3 is 5.11 Å². The van der Waals surface area contributed by atoms with Gasteiger partial charge in [0.1, 0.15) is 5.78 Å². The fourth-order valence-electron chi connectivity index (χ4n) is 6.60. The highest BCUT2D eigenvalue weighted by Gasteiger charge is 2.56. The molecule has 0 spiro atoms. The number of aliphatic hydroxyl groups excluding tert-OH is 1. The van der Waals surface area contributed by atoms with E-state index >= 15 is 0 Å². The minimum atomic E-state index is -0.0327. The molecule has 1 unspecified atom stereocenters. The van der Waals surface area contributed by atoms with Gasteiger partial charge in [-0.05, 0) is 81.0 Å². The molecule has 2 nitrogen and oxygen atoms in total. The summed E-state index contributed by atoms with van der Waals surface area (Å²) in [5, 5.41) is 9.93. The monoisotopic (exact) mass is 276 g/mol. The maximum atomic E-state index is 12.3. The number of fused-ring (bicyclic) bond motifs is 5. The largest absolute Gasteiger partial charge is 0.393 e. The van der Waals surface area contributed by atoms with Gasteiger partial charge in [0, 0.05) is 11.8 Å². The summed E-state index contributed by atoms with van der Waals surface area (Å²) in [6.45, 7) is 2.26. The van der Waals surface area contributed by atoms with Crippen molar-refractivity contribution in [3.05, 3.63) is 0 Å². The molecule has 0 bridgehead atoms. The smallest absolute Gasteiger partial charge is 0.139 e. The first-order valence-corrected chi connectivity index (χ1v) is 8.81. The summed E-state index contributed by atoms with van der Waals surface area (Å²) in [6.07, 6.45) is 10.3. The van der Waals surface area contributed by atoms with Crippen molar-refractivity contribution in [3.8, 4) is 0 Å². The average molecular weight is 276 g/mol. The standard InChI is InChI=1S/C18H28O2/c1-18-9-8-14-13-5-3-12(19)10-11(13)2-4-15(14)16(18)6-7-17(18)20/h11-16,19H,2-10H2,1H3/t11-,12?,13-,14+,15+,16-,18-/m0/s1. The van der Waals surface area contributed by atoms with Gasteiger partial charge >= 0.3 is 0 Å². The Balaban J connectivity index is 1.58. The molecule has 0 aromatic heterocycles. The molecule has 20 heavy (non-hydrogen) atoms. The lowest BCUT2D eigenvalue weighted by Gasteiger charge is -2.54. The van der Waals surface area contributed by atoms with Crippen LogP contribution in [0.25, 0.3) is 0 Å². The van der Waals surface area contributed by atoms with Crippen molar-refractivity contribution < 1.29 is 9.90 Å². The number of hydrogen-bond acceptors (Lipinski definition) is 2. The number of aliphatic hydroxyl groups is 1. The van der Waals surface area contributed by atoms with Gasteiger partial charge in [-0.15, -0.1) is 0 Å². The maximum Gasteiger partial charge on any atom is 0.139 e. The number of ketones is 1. The Bertz CT molecular complexity index is 418. The van der Waals surface area contributed by atoms with Crippen molar-refractivity contribution in [1.29, 1.82) is 0 Å². The molecule has 4 fully saturated rings. The Kier molecular flexibility index (Phi) is 3.03. The van der Waals surface area contributed by atoms with Gasteiger partial charge in [-0.2, -0.15) is 0 Å². The van der Waals surface area contributed by atoms with Crippen LogP contribution >= 0.6 is 0 Å². The van der Waals surface area contributed by atoms with E-state index in [1.165, 1.54) is 25.7 Å². The molecule has 0 aromatic carbocycles. The number of carbonyl (C=O) groups is 1. The third kappa shape index (κ3) is 1.76. The maximum absolute atomic E-state index is 12.3. The van der Waals surface area contributed by atoms with Gasteiger partial charge in [0.15, 0.2) is 0 Å². The van der Waals surface area contributed by atoms with E-state index in [9.17, 15) is 9.90 Å². The number of hydrogen-bond donors (Lipinski definition) is 1. The molecule has 0 heterocycles. The molecule has 0 saturated heterocycles. The summed E-state index contributed by atoms with van der Waals surface area (Å²) in [5.41, 5.74) is 0.0299. The third-order valence-corrected chi connectivity index (χ3v) is 7.64. The lowest BCUT2D eigenvalue weighted by Crippen LogP contribution is -2.49. The Morgan fingerprint density at radius 1 is 1.00 bits per heavy atom. The second kappa shape index (κ2) is 4.56. The molecular weight excluding hydrogens is 248 g/mol. The zero-order valence-corrected chi connectivity index (χ0v) is 12.7. The van der Waals surface area contributed by atoms with E-state index in [1.807, 2.05) is 0 Å². The van der Waals surface area contributed by atoms with Crippen LogP contribution in [0.5, 0.6) is 0 Å². The van der Waals surface area contributed by atoms with E-state index < -0.39 is 0 Å². The zero-order chi connectivity index (χ0) is 13.9. The summed E-state index contributed by atoms with van der Waals surface area (Å²) in [5.74, 6) is 4.56. The van der Waals surface area contributed by atoms with Crippen molar-refractivity contribution in [3.63, 3.8) is 0 Å². The van der Waals surface area contributed by atoms with Crippen LogP contribution in [0.2, 0.25) is 0 Å². The second-order valence-electron chi connectivity index (χ2n) is 8.32. The van der Waals surface area contributed by atoms with Crippen LogP contribution in [-0.4, -0.2) is 17.0 Å². The van der Waals surface area contributed by atoms with Gasteiger partial charge in [-0.25, -0.2) is 0 Å². The lowest BCUT2D eigenvalue weighted by atomic mass is 9.50. The first kappa shape index (κ1) is 13.3. The minimum absolute atomic E-state index is 0.0299. The quantitative estimate of drug-likeness (QED) is 0.734. The molecular formula is C18H28O2. The van der Waals surface area contributed by atoms with Gasteiger partial charge in [0.05, 0.1) is 6.10 Å². The zero-order valence-electron chi connectivity index (χ0n) is 12.7. The molecule has 112 valence electrons. The number of rotatable bonds is 0. The highest BCUT2D eigenvalue weighted by atomic mass is 16.3. The Hall–Kier alpha value is -0.370. The van der Waals surface area contributed by atoms with E-state index in [0.717, 1.165) is 55.8 Å². The van der Waals surface area contributed by atoms with Gasteiger partial charge in [-0.1, -0.05) is 6.92 Å². The van der Waals surface area contributed by atoms with Crippen LogP contribution < -0.4 is 0 Å². The number of carbonyl (C=O) groups excluding carboxylic acids is 1. The predicted octanol–water partition coefficient (Wildman–Crippen LogP) is 3.57. The molecule has 0 aromatic rings. The van der Waals surface area contributed by atoms with Gasteiger partial charge in [0.2, 0.25) is 0 Å². The second-order valence-corrected chi connectivity index (χ2v) is 8.32. The van der Waals surface area contributed by atoms with Crippen molar-refractivity contribution in [1.82, 2.24) is 0 Å². The molecule has 1 N–H and O–H groups in total. The van der Waals surface area contributed by atoms with E-state index in [0.29, 0.717) is 11.7 Å². The van der Waals surface area contributed by atoms with E-state index in [1.54, 1.807) is 0 Å². The SMILES string of the molecule is C[C@]12CC[C@H]3[C@@H](CC[C@H]4CC(O)CC[C@@H]43)[C@@H]1CCC2=O. The summed E-state index contributed by atoms with van der Waals surface area (Å²) < 4.78 is 0. The van der Waals surface area contributed by atoms with E-state index in [4.69, 9.17) is 0 Å². The molecule has 0 amide bonds.